The summed E-state index contributed by atoms with van der Waals surface area (Å²) in [4.78, 5) is 12.3. The lowest BCUT2D eigenvalue weighted by Crippen LogP contribution is -2.34. The number of para-hydroxylation sites is 2. The molecule has 1 aliphatic carbocycles. The molecule has 2 aromatic carbocycles. The number of benzene rings is 2. The predicted molar refractivity (Wildman–Crippen MR) is 105 cm³/mol. The van der Waals surface area contributed by atoms with Crippen LogP contribution in [0.25, 0.3) is 0 Å². The molecule has 0 saturated heterocycles. The van der Waals surface area contributed by atoms with Crippen molar-refractivity contribution >= 4 is 24.0 Å². The highest BCUT2D eigenvalue weighted by Gasteiger charge is 2.25. The van der Waals surface area contributed by atoms with Gasteiger partial charge in [0.15, 0.2) is 23.1 Å². The Morgan fingerprint density at radius 2 is 1.89 bits per heavy atom. The van der Waals surface area contributed by atoms with Crippen LogP contribution in [0.4, 0.5) is 10.1 Å². The van der Waals surface area contributed by atoms with Gasteiger partial charge in [0.05, 0.1) is 7.11 Å². The maximum absolute atomic E-state index is 14.4. The van der Waals surface area contributed by atoms with Crippen molar-refractivity contribution in [2.75, 3.05) is 12.4 Å². The topological polar surface area (TPSA) is 73.6 Å². The van der Waals surface area contributed by atoms with Crippen LogP contribution in [0.5, 0.6) is 17.2 Å². The van der Waals surface area contributed by atoms with E-state index in [4.69, 9.17) is 15.2 Å². The summed E-state index contributed by atoms with van der Waals surface area (Å²) in [6.45, 7) is 0. The first-order valence-corrected chi connectivity index (χ1v) is 8.73. The van der Waals surface area contributed by atoms with Gasteiger partial charge in [-0.25, -0.2) is 4.39 Å². The molecule has 2 unspecified atom stereocenters. The number of ether oxygens (including phenoxy) is 2. The summed E-state index contributed by atoms with van der Waals surface area (Å²) in [5.41, 5.74) is 6.33. The Morgan fingerprint density at radius 1 is 1.15 bits per heavy atom. The average Bonchev–Trinajstić information content (AvgIpc) is 2.64. The zero-order valence-corrected chi connectivity index (χ0v) is 15.9. The Kier molecular flexibility index (Phi) is 7.45. The number of nitrogens with two attached hydrogens (primary N) is 1. The standard InChI is InChI=1S/C20H23FN2O3.ClH/c1-25-18-7-2-3-8-19(18)26-17-10-9-15(12-16(17)21)23-20(24)13-5-4-6-14(22)11-13;/h2-3,7-10,12-14H,4-6,11,22H2,1H3,(H,23,24);1H. The summed E-state index contributed by atoms with van der Waals surface area (Å²) < 4.78 is 25.2. The summed E-state index contributed by atoms with van der Waals surface area (Å²) in [6.07, 6.45) is 3.38. The van der Waals surface area contributed by atoms with Crippen molar-refractivity contribution in [3.05, 3.63) is 48.3 Å². The highest BCUT2D eigenvalue weighted by atomic mass is 35.5. The van der Waals surface area contributed by atoms with E-state index in [0.29, 0.717) is 23.6 Å². The van der Waals surface area contributed by atoms with Gasteiger partial charge in [-0.05, 0) is 43.5 Å². The van der Waals surface area contributed by atoms with E-state index in [1.807, 2.05) is 0 Å². The second-order valence-corrected chi connectivity index (χ2v) is 6.51. The number of carbonyl (C=O) groups excluding carboxylic acids is 1. The molecule has 2 aromatic rings. The third-order valence-corrected chi connectivity index (χ3v) is 4.57. The number of halogens is 2. The van der Waals surface area contributed by atoms with Crippen LogP contribution in [0.15, 0.2) is 42.5 Å². The zero-order chi connectivity index (χ0) is 18.5. The molecular weight excluding hydrogens is 371 g/mol. The van der Waals surface area contributed by atoms with Crippen LogP contribution in [0.2, 0.25) is 0 Å². The number of methoxy groups -OCH3 is 1. The first-order valence-electron chi connectivity index (χ1n) is 8.73. The van der Waals surface area contributed by atoms with Crippen molar-refractivity contribution in [2.45, 2.75) is 31.7 Å². The van der Waals surface area contributed by atoms with Gasteiger partial charge in [-0.1, -0.05) is 18.6 Å². The lowest BCUT2D eigenvalue weighted by Gasteiger charge is -2.25. The van der Waals surface area contributed by atoms with Crippen LogP contribution in [0, 0.1) is 11.7 Å². The average molecular weight is 395 g/mol. The smallest absolute Gasteiger partial charge is 0.227 e. The monoisotopic (exact) mass is 394 g/mol. The molecule has 0 aliphatic heterocycles. The third-order valence-electron chi connectivity index (χ3n) is 4.57. The van der Waals surface area contributed by atoms with Gasteiger partial charge in [-0.3, -0.25) is 4.79 Å². The SMILES string of the molecule is COc1ccccc1Oc1ccc(NC(=O)C2CCCC(N)C2)cc1F.Cl. The van der Waals surface area contributed by atoms with Gasteiger partial charge in [0.1, 0.15) is 0 Å². The normalized spacial score (nSPS) is 18.9. The molecule has 1 saturated carbocycles. The van der Waals surface area contributed by atoms with Crippen LogP contribution < -0.4 is 20.5 Å². The Bertz CT molecular complexity index is 788. The first kappa shape index (κ1) is 21.0. The van der Waals surface area contributed by atoms with Crippen LogP contribution in [-0.4, -0.2) is 19.1 Å². The molecule has 27 heavy (non-hydrogen) atoms. The van der Waals surface area contributed by atoms with Gasteiger partial charge in [-0.2, -0.15) is 0 Å². The summed E-state index contributed by atoms with van der Waals surface area (Å²) in [5, 5.41) is 2.77. The Morgan fingerprint density at radius 3 is 2.56 bits per heavy atom. The lowest BCUT2D eigenvalue weighted by molar-refractivity contribution is -0.120. The fourth-order valence-corrected chi connectivity index (χ4v) is 3.19. The van der Waals surface area contributed by atoms with E-state index < -0.39 is 5.82 Å². The number of amides is 1. The van der Waals surface area contributed by atoms with Gasteiger partial charge in [0.2, 0.25) is 5.91 Å². The molecule has 0 spiro atoms. The van der Waals surface area contributed by atoms with Crippen molar-refractivity contribution in [3.8, 4) is 17.2 Å². The first-order chi connectivity index (χ1) is 12.6. The maximum Gasteiger partial charge on any atom is 0.227 e. The summed E-state index contributed by atoms with van der Waals surface area (Å²) in [5.74, 6) is 0.199. The third kappa shape index (κ3) is 5.34. The molecule has 1 aliphatic rings. The van der Waals surface area contributed by atoms with Crippen molar-refractivity contribution in [3.63, 3.8) is 0 Å². The van der Waals surface area contributed by atoms with Gasteiger partial charge >= 0.3 is 0 Å². The number of hydrogen-bond donors (Lipinski definition) is 2. The van der Waals surface area contributed by atoms with Crippen LogP contribution in [-0.2, 0) is 4.79 Å². The predicted octanol–water partition coefficient (Wildman–Crippen LogP) is 4.50. The molecule has 7 heteroatoms. The molecule has 3 rings (SSSR count). The summed E-state index contributed by atoms with van der Waals surface area (Å²) in [7, 11) is 1.52. The lowest BCUT2D eigenvalue weighted by atomic mass is 9.85. The molecule has 0 aromatic heterocycles. The molecular formula is C20H24ClFN2O3. The zero-order valence-electron chi connectivity index (χ0n) is 15.1. The van der Waals surface area contributed by atoms with E-state index in [2.05, 4.69) is 5.32 Å². The minimum absolute atomic E-state index is 0. The van der Waals surface area contributed by atoms with E-state index in [9.17, 15) is 9.18 Å². The molecule has 0 bridgehead atoms. The van der Waals surface area contributed by atoms with Crippen LogP contribution in [0.3, 0.4) is 0 Å². The van der Waals surface area contributed by atoms with Crippen molar-refractivity contribution in [1.82, 2.24) is 0 Å². The highest BCUT2D eigenvalue weighted by Crippen LogP contribution is 2.33. The molecule has 5 nitrogen and oxygen atoms in total. The fourth-order valence-electron chi connectivity index (χ4n) is 3.19. The molecule has 2 atom stereocenters. The molecule has 0 heterocycles. The molecule has 0 radical (unpaired) electrons. The second kappa shape index (κ2) is 9.58. The van der Waals surface area contributed by atoms with Gasteiger partial charge < -0.3 is 20.5 Å². The number of carbonyl (C=O) groups is 1. The van der Waals surface area contributed by atoms with Crippen LogP contribution >= 0.6 is 12.4 Å². The van der Waals surface area contributed by atoms with Gasteiger partial charge in [-0.15, -0.1) is 12.4 Å². The maximum atomic E-state index is 14.4. The molecule has 1 fully saturated rings. The number of anilines is 1. The largest absolute Gasteiger partial charge is 0.493 e. The quantitative estimate of drug-likeness (QED) is 0.782. The van der Waals surface area contributed by atoms with Gasteiger partial charge in [0, 0.05) is 23.7 Å². The minimum atomic E-state index is -0.561. The van der Waals surface area contributed by atoms with E-state index in [0.717, 1.165) is 19.3 Å². The fraction of sp³-hybridized carbons (Fsp3) is 0.350. The number of nitrogens with one attached hydrogen (secondary N) is 1. The van der Waals surface area contributed by atoms with E-state index in [1.54, 1.807) is 30.3 Å². The van der Waals surface area contributed by atoms with E-state index in [-0.39, 0.29) is 36.0 Å². The van der Waals surface area contributed by atoms with Crippen molar-refractivity contribution < 1.29 is 18.7 Å². The van der Waals surface area contributed by atoms with Crippen molar-refractivity contribution in [2.24, 2.45) is 11.7 Å². The summed E-state index contributed by atoms with van der Waals surface area (Å²) in [6, 6.07) is 11.4. The Labute approximate surface area is 164 Å². The molecule has 3 N–H and O–H groups in total. The molecule has 1 amide bonds. The van der Waals surface area contributed by atoms with Gasteiger partial charge in [0.25, 0.3) is 0 Å². The number of hydrogen-bond acceptors (Lipinski definition) is 4. The minimum Gasteiger partial charge on any atom is -0.493 e. The highest BCUT2D eigenvalue weighted by molar-refractivity contribution is 5.92. The second-order valence-electron chi connectivity index (χ2n) is 6.51. The molecule has 146 valence electrons. The van der Waals surface area contributed by atoms with E-state index in [1.165, 1.54) is 19.2 Å². The van der Waals surface area contributed by atoms with E-state index >= 15 is 0 Å². The Balaban J connectivity index is 0.00000261. The van der Waals surface area contributed by atoms with Crippen molar-refractivity contribution in [1.29, 1.82) is 0 Å². The Hall–Kier alpha value is -2.31. The summed E-state index contributed by atoms with van der Waals surface area (Å²) >= 11 is 0. The van der Waals surface area contributed by atoms with Crippen LogP contribution in [0.1, 0.15) is 25.7 Å². The number of rotatable bonds is 5.